The number of hydrogen-bond acceptors (Lipinski definition) is 3. The van der Waals surface area contributed by atoms with E-state index in [9.17, 15) is 0 Å². The van der Waals surface area contributed by atoms with Gasteiger partial charge in [0.05, 0.1) is 13.2 Å². The van der Waals surface area contributed by atoms with Crippen LogP contribution in [0.4, 0.5) is 0 Å². The molecule has 1 N–H and O–H groups in total. The van der Waals surface area contributed by atoms with Crippen LogP contribution in [-0.2, 0) is 4.74 Å². The molecule has 2 rings (SSSR count). The van der Waals surface area contributed by atoms with Crippen molar-refractivity contribution in [3.05, 3.63) is 0 Å². The normalized spacial score (nSPS) is 35.8. The predicted octanol–water partition coefficient (Wildman–Crippen LogP) is 0.870. The Morgan fingerprint density at radius 2 is 1.71 bits per heavy atom. The molecule has 0 bridgehead atoms. The molecule has 3 heteroatoms. The number of aliphatic hydroxyl groups excluding tert-OH is 1. The van der Waals surface area contributed by atoms with Crippen LogP contribution >= 0.6 is 0 Å². The highest BCUT2D eigenvalue weighted by atomic mass is 16.5. The van der Waals surface area contributed by atoms with E-state index in [1.54, 1.807) is 0 Å². The number of hydrogen-bond donors (Lipinski definition) is 1. The van der Waals surface area contributed by atoms with Gasteiger partial charge in [0, 0.05) is 25.7 Å². The fourth-order valence-corrected chi connectivity index (χ4v) is 2.64. The van der Waals surface area contributed by atoms with Crippen molar-refractivity contribution in [1.82, 2.24) is 4.90 Å². The number of aliphatic hydroxyl groups is 1. The molecule has 3 nitrogen and oxygen atoms in total. The second kappa shape index (κ2) is 5.10. The molecule has 2 aliphatic rings. The standard InChI is InChI=1S/C11H21NO2/c13-9-10-1-3-11(4-2-10)12-5-7-14-8-6-12/h10-11,13H,1-9H2/t10-,11-. The van der Waals surface area contributed by atoms with Gasteiger partial charge in [-0.3, -0.25) is 4.90 Å². The van der Waals surface area contributed by atoms with Crippen molar-refractivity contribution >= 4 is 0 Å². The van der Waals surface area contributed by atoms with Crippen molar-refractivity contribution in [3.8, 4) is 0 Å². The molecular formula is C11H21NO2. The molecule has 1 saturated carbocycles. The SMILES string of the molecule is OC[C@H]1CC[C@H](N2CCOCC2)CC1. The first-order valence-electron chi connectivity index (χ1n) is 5.83. The first kappa shape index (κ1) is 10.4. The van der Waals surface area contributed by atoms with Crippen molar-refractivity contribution in [2.75, 3.05) is 32.9 Å². The third-order valence-electron chi connectivity index (χ3n) is 3.64. The summed E-state index contributed by atoms with van der Waals surface area (Å²) in [5.41, 5.74) is 0. The van der Waals surface area contributed by atoms with Crippen molar-refractivity contribution < 1.29 is 9.84 Å². The van der Waals surface area contributed by atoms with E-state index >= 15 is 0 Å². The van der Waals surface area contributed by atoms with Crippen LogP contribution in [0.1, 0.15) is 25.7 Å². The van der Waals surface area contributed by atoms with Gasteiger partial charge in [-0.05, 0) is 31.6 Å². The fraction of sp³-hybridized carbons (Fsp3) is 1.00. The average molecular weight is 199 g/mol. The highest BCUT2D eigenvalue weighted by molar-refractivity contribution is 4.80. The lowest BCUT2D eigenvalue weighted by atomic mass is 9.86. The summed E-state index contributed by atoms with van der Waals surface area (Å²) in [6.07, 6.45) is 4.95. The van der Waals surface area contributed by atoms with Crippen molar-refractivity contribution in [3.63, 3.8) is 0 Å². The summed E-state index contributed by atoms with van der Waals surface area (Å²) in [7, 11) is 0. The molecule has 0 aromatic rings. The maximum atomic E-state index is 9.05. The van der Waals surface area contributed by atoms with Crippen LogP contribution in [0.15, 0.2) is 0 Å². The van der Waals surface area contributed by atoms with Gasteiger partial charge in [-0.15, -0.1) is 0 Å². The van der Waals surface area contributed by atoms with E-state index in [-0.39, 0.29) is 0 Å². The third kappa shape index (κ3) is 2.47. The molecule has 0 unspecified atom stereocenters. The van der Waals surface area contributed by atoms with E-state index in [0.29, 0.717) is 12.5 Å². The van der Waals surface area contributed by atoms with E-state index in [2.05, 4.69) is 4.90 Å². The summed E-state index contributed by atoms with van der Waals surface area (Å²) in [6, 6.07) is 0.765. The molecular weight excluding hydrogens is 178 g/mol. The zero-order valence-corrected chi connectivity index (χ0v) is 8.82. The Kier molecular flexibility index (Phi) is 3.79. The largest absolute Gasteiger partial charge is 0.396 e. The third-order valence-corrected chi connectivity index (χ3v) is 3.64. The molecule has 1 saturated heterocycles. The van der Waals surface area contributed by atoms with Crippen LogP contribution in [0.25, 0.3) is 0 Å². The molecule has 2 fully saturated rings. The number of nitrogens with zero attached hydrogens (tertiary/aromatic N) is 1. The summed E-state index contributed by atoms with van der Waals surface area (Å²) in [6.45, 7) is 4.40. The first-order valence-corrected chi connectivity index (χ1v) is 5.83. The topological polar surface area (TPSA) is 32.7 Å². The van der Waals surface area contributed by atoms with Gasteiger partial charge >= 0.3 is 0 Å². The van der Waals surface area contributed by atoms with Gasteiger partial charge in [0.15, 0.2) is 0 Å². The van der Waals surface area contributed by atoms with Gasteiger partial charge in [-0.1, -0.05) is 0 Å². The zero-order chi connectivity index (χ0) is 9.80. The first-order chi connectivity index (χ1) is 6.90. The Morgan fingerprint density at radius 1 is 1.07 bits per heavy atom. The molecule has 0 spiro atoms. The van der Waals surface area contributed by atoms with Gasteiger partial charge < -0.3 is 9.84 Å². The summed E-state index contributed by atoms with van der Waals surface area (Å²) in [5, 5.41) is 9.05. The molecule has 1 heterocycles. The molecule has 0 atom stereocenters. The zero-order valence-electron chi connectivity index (χ0n) is 8.82. The highest BCUT2D eigenvalue weighted by Crippen LogP contribution is 2.27. The second-order valence-electron chi connectivity index (χ2n) is 4.51. The van der Waals surface area contributed by atoms with Crippen molar-refractivity contribution in [2.45, 2.75) is 31.7 Å². The molecule has 1 aliphatic heterocycles. The minimum absolute atomic E-state index is 0.385. The fourth-order valence-electron chi connectivity index (χ4n) is 2.64. The summed E-state index contributed by atoms with van der Waals surface area (Å²) < 4.78 is 5.35. The Labute approximate surface area is 86.0 Å². The highest BCUT2D eigenvalue weighted by Gasteiger charge is 2.26. The van der Waals surface area contributed by atoms with Gasteiger partial charge in [0.1, 0.15) is 0 Å². The predicted molar refractivity (Wildman–Crippen MR) is 55.2 cm³/mol. The van der Waals surface area contributed by atoms with Crippen LogP contribution in [0.5, 0.6) is 0 Å². The van der Waals surface area contributed by atoms with Gasteiger partial charge in [0.2, 0.25) is 0 Å². The monoisotopic (exact) mass is 199 g/mol. The van der Waals surface area contributed by atoms with E-state index < -0.39 is 0 Å². The molecule has 0 aromatic heterocycles. The Balaban J connectivity index is 1.76. The molecule has 0 amide bonds. The van der Waals surface area contributed by atoms with Crippen LogP contribution in [0, 0.1) is 5.92 Å². The van der Waals surface area contributed by atoms with Crippen LogP contribution < -0.4 is 0 Å². The molecule has 0 radical (unpaired) electrons. The van der Waals surface area contributed by atoms with Crippen LogP contribution in [0.2, 0.25) is 0 Å². The van der Waals surface area contributed by atoms with Crippen LogP contribution in [0.3, 0.4) is 0 Å². The summed E-state index contributed by atoms with van der Waals surface area (Å²) in [4.78, 5) is 2.57. The van der Waals surface area contributed by atoms with Crippen LogP contribution in [-0.4, -0.2) is 49.0 Å². The van der Waals surface area contributed by atoms with Gasteiger partial charge in [-0.2, -0.15) is 0 Å². The van der Waals surface area contributed by atoms with Gasteiger partial charge in [-0.25, -0.2) is 0 Å². The minimum Gasteiger partial charge on any atom is -0.396 e. The Hall–Kier alpha value is -0.120. The van der Waals surface area contributed by atoms with E-state index in [0.717, 1.165) is 32.3 Å². The lowest BCUT2D eigenvalue weighted by molar-refractivity contribution is 0.00247. The lowest BCUT2D eigenvalue weighted by Crippen LogP contribution is -2.45. The maximum absolute atomic E-state index is 9.05. The maximum Gasteiger partial charge on any atom is 0.0594 e. The number of ether oxygens (including phenoxy) is 1. The molecule has 14 heavy (non-hydrogen) atoms. The van der Waals surface area contributed by atoms with E-state index in [1.165, 1.54) is 25.7 Å². The van der Waals surface area contributed by atoms with E-state index in [1.807, 2.05) is 0 Å². The van der Waals surface area contributed by atoms with Gasteiger partial charge in [0.25, 0.3) is 0 Å². The molecule has 0 aromatic carbocycles. The second-order valence-corrected chi connectivity index (χ2v) is 4.51. The van der Waals surface area contributed by atoms with Crippen molar-refractivity contribution in [2.24, 2.45) is 5.92 Å². The smallest absolute Gasteiger partial charge is 0.0594 e. The quantitative estimate of drug-likeness (QED) is 0.716. The van der Waals surface area contributed by atoms with Crippen molar-refractivity contribution in [1.29, 1.82) is 0 Å². The Morgan fingerprint density at radius 3 is 2.29 bits per heavy atom. The minimum atomic E-state index is 0.385. The lowest BCUT2D eigenvalue weighted by Gasteiger charge is -2.38. The number of rotatable bonds is 2. The number of morpholine rings is 1. The molecule has 1 aliphatic carbocycles. The Bertz CT molecular complexity index is 161. The molecule has 82 valence electrons. The van der Waals surface area contributed by atoms with E-state index in [4.69, 9.17) is 9.84 Å². The average Bonchev–Trinajstić information content (AvgIpc) is 2.30. The summed E-state index contributed by atoms with van der Waals surface area (Å²) in [5.74, 6) is 0.576. The summed E-state index contributed by atoms with van der Waals surface area (Å²) >= 11 is 0.